The highest BCUT2D eigenvalue weighted by Gasteiger charge is 2.50. The van der Waals surface area contributed by atoms with Gasteiger partial charge in [-0.3, -0.25) is 4.90 Å². The van der Waals surface area contributed by atoms with Crippen molar-refractivity contribution in [1.29, 1.82) is 0 Å². The monoisotopic (exact) mass is 280 g/mol. The largest absolute Gasteiger partial charge is 0.375 e. The standard InChI is InChI=1S/C17H32N2O/c1-13-6-5-9-17(12-18,14(13)2)19-10-11-20-16-8-4-3-7-15(16)19/h13-16H,3-12,18H2,1-2H3. The van der Waals surface area contributed by atoms with Gasteiger partial charge in [0.05, 0.1) is 12.7 Å². The SMILES string of the molecule is CC1CCCC(CN)(N2CCOC3CCCCC32)C1C. The van der Waals surface area contributed by atoms with Gasteiger partial charge in [-0.15, -0.1) is 0 Å². The van der Waals surface area contributed by atoms with Crippen LogP contribution < -0.4 is 5.73 Å². The summed E-state index contributed by atoms with van der Waals surface area (Å²) in [6, 6.07) is 0.633. The van der Waals surface area contributed by atoms with Gasteiger partial charge in [0.2, 0.25) is 0 Å². The van der Waals surface area contributed by atoms with E-state index in [0.717, 1.165) is 25.6 Å². The molecule has 0 aromatic carbocycles. The van der Waals surface area contributed by atoms with Crippen LogP contribution in [0.1, 0.15) is 58.8 Å². The minimum absolute atomic E-state index is 0.238. The third-order valence-electron chi connectivity index (χ3n) is 6.63. The molecule has 116 valence electrons. The number of morpholine rings is 1. The zero-order valence-corrected chi connectivity index (χ0v) is 13.3. The van der Waals surface area contributed by atoms with Gasteiger partial charge in [0.1, 0.15) is 0 Å². The smallest absolute Gasteiger partial charge is 0.0731 e. The summed E-state index contributed by atoms with van der Waals surface area (Å²) in [6.07, 6.45) is 9.77. The molecule has 3 fully saturated rings. The number of nitrogens with zero attached hydrogens (tertiary/aromatic N) is 1. The van der Waals surface area contributed by atoms with E-state index in [1.807, 2.05) is 0 Å². The van der Waals surface area contributed by atoms with Gasteiger partial charge in [0.25, 0.3) is 0 Å². The molecule has 3 aliphatic rings. The number of fused-ring (bicyclic) bond motifs is 1. The molecule has 3 rings (SSSR count). The van der Waals surface area contributed by atoms with Crippen LogP contribution in [0.25, 0.3) is 0 Å². The topological polar surface area (TPSA) is 38.5 Å². The van der Waals surface area contributed by atoms with E-state index in [4.69, 9.17) is 10.5 Å². The van der Waals surface area contributed by atoms with Crippen LogP contribution in [0.5, 0.6) is 0 Å². The fourth-order valence-electron chi connectivity index (χ4n) is 5.20. The number of hydrogen-bond acceptors (Lipinski definition) is 3. The van der Waals surface area contributed by atoms with Crippen molar-refractivity contribution >= 4 is 0 Å². The van der Waals surface area contributed by atoms with Crippen LogP contribution in [0.4, 0.5) is 0 Å². The van der Waals surface area contributed by atoms with E-state index >= 15 is 0 Å². The fourth-order valence-corrected chi connectivity index (χ4v) is 5.20. The minimum Gasteiger partial charge on any atom is -0.375 e. The first-order valence-electron chi connectivity index (χ1n) is 8.77. The maximum atomic E-state index is 6.36. The van der Waals surface area contributed by atoms with Gasteiger partial charge in [0, 0.05) is 24.7 Å². The molecule has 3 heteroatoms. The second kappa shape index (κ2) is 5.94. The van der Waals surface area contributed by atoms with Crippen molar-refractivity contribution in [2.45, 2.75) is 76.5 Å². The summed E-state index contributed by atoms with van der Waals surface area (Å²) < 4.78 is 6.07. The van der Waals surface area contributed by atoms with Crippen molar-refractivity contribution in [2.75, 3.05) is 19.7 Å². The molecule has 0 amide bonds. The van der Waals surface area contributed by atoms with Crippen LogP contribution in [0.2, 0.25) is 0 Å². The summed E-state index contributed by atoms with van der Waals surface area (Å²) in [6.45, 7) is 7.69. The average Bonchev–Trinajstić information content (AvgIpc) is 2.50. The van der Waals surface area contributed by atoms with Gasteiger partial charge in [-0.05, 0) is 31.1 Å². The molecule has 0 spiro atoms. The van der Waals surface area contributed by atoms with Crippen LogP contribution >= 0.6 is 0 Å². The number of nitrogens with two attached hydrogens (primary N) is 1. The molecule has 20 heavy (non-hydrogen) atoms. The van der Waals surface area contributed by atoms with Gasteiger partial charge < -0.3 is 10.5 Å². The Labute approximate surface area is 124 Å². The van der Waals surface area contributed by atoms with Crippen LogP contribution in [-0.4, -0.2) is 42.3 Å². The van der Waals surface area contributed by atoms with E-state index in [-0.39, 0.29) is 5.54 Å². The highest BCUT2D eigenvalue weighted by molar-refractivity contribution is 5.05. The van der Waals surface area contributed by atoms with E-state index in [1.54, 1.807) is 0 Å². The van der Waals surface area contributed by atoms with E-state index in [1.165, 1.54) is 44.9 Å². The van der Waals surface area contributed by atoms with Crippen molar-refractivity contribution in [3.8, 4) is 0 Å². The highest BCUT2D eigenvalue weighted by atomic mass is 16.5. The predicted molar refractivity (Wildman–Crippen MR) is 82.7 cm³/mol. The molecule has 5 atom stereocenters. The van der Waals surface area contributed by atoms with Gasteiger partial charge in [-0.2, -0.15) is 0 Å². The third kappa shape index (κ3) is 2.32. The molecule has 0 bridgehead atoms. The van der Waals surface area contributed by atoms with Gasteiger partial charge in [0.15, 0.2) is 0 Å². The molecule has 1 heterocycles. The van der Waals surface area contributed by atoms with Crippen molar-refractivity contribution in [3.63, 3.8) is 0 Å². The summed E-state index contributed by atoms with van der Waals surface area (Å²) >= 11 is 0. The molecule has 0 aromatic heterocycles. The lowest BCUT2D eigenvalue weighted by Crippen LogP contribution is -2.68. The summed E-state index contributed by atoms with van der Waals surface area (Å²) in [7, 11) is 0. The number of hydrogen-bond donors (Lipinski definition) is 1. The minimum atomic E-state index is 0.238. The van der Waals surface area contributed by atoms with E-state index in [0.29, 0.717) is 18.1 Å². The molecular formula is C17H32N2O. The second-order valence-corrected chi connectivity index (χ2v) is 7.42. The van der Waals surface area contributed by atoms with Gasteiger partial charge in [-0.1, -0.05) is 39.5 Å². The first kappa shape index (κ1) is 14.8. The second-order valence-electron chi connectivity index (χ2n) is 7.42. The van der Waals surface area contributed by atoms with Crippen molar-refractivity contribution in [3.05, 3.63) is 0 Å². The molecule has 2 N–H and O–H groups in total. The Bertz CT molecular complexity index is 333. The summed E-state index contributed by atoms with van der Waals surface area (Å²) in [5, 5.41) is 0. The molecule has 2 saturated carbocycles. The van der Waals surface area contributed by atoms with Crippen LogP contribution in [0.15, 0.2) is 0 Å². The van der Waals surface area contributed by atoms with E-state index < -0.39 is 0 Å². The molecule has 1 aliphatic heterocycles. The Kier molecular flexibility index (Phi) is 4.40. The normalized spacial score (nSPS) is 47.0. The number of ether oxygens (including phenoxy) is 1. The average molecular weight is 280 g/mol. The maximum absolute atomic E-state index is 6.36. The molecule has 5 unspecified atom stereocenters. The quantitative estimate of drug-likeness (QED) is 0.845. The highest BCUT2D eigenvalue weighted by Crippen LogP contribution is 2.44. The zero-order valence-electron chi connectivity index (χ0n) is 13.3. The predicted octanol–water partition coefficient (Wildman–Crippen LogP) is 2.78. The number of rotatable bonds is 2. The first-order valence-corrected chi connectivity index (χ1v) is 8.77. The first-order chi connectivity index (χ1) is 9.69. The van der Waals surface area contributed by atoms with E-state index in [2.05, 4.69) is 18.7 Å². The molecule has 2 aliphatic carbocycles. The summed E-state index contributed by atoms with van der Waals surface area (Å²) in [4.78, 5) is 2.81. The Morgan fingerprint density at radius 2 is 1.95 bits per heavy atom. The van der Waals surface area contributed by atoms with E-state index in [9.17, 15) is 0 Å². The lowest BCUT2D eigenvalue weighted by Gasteiger charge is -2.58. The summed E-state index contributed by atoms with van der Waals surface area (Å²) in [5.74, 6) is 1.51. The van der Waals surface area contributed by atoms with Crippen molar-refractivity contribution < 1.29 is 4.74 Å². The Balaban J connectivity index is 1.86. The Morgan fingerprint density at radius 3 is 2.75 bits per heavy atom. The molecule has 0 aromatic rings. The molecule has 0 radical (unpaired) electrons. The Hall–Kier alpha value is -0.120. The zero-order chi connectivity index (χ0) is 14.2. The third-order valence-corrected chi connectivity index (χ3v) is 6.63. The molecule has 3 nitrogen and oxygen atoms in total. The Morgan fingerprint density at radius 1 is 1.15 bits per heavy atom. The lowest BCUT2D eigenvalue weighted by molar-refractivity contribution is -0.148. The maximum Gasteiger partial charge on any atom is 0.0731 e. The van der Waals surface area contributed by atoms with Crippen LogP contribution in [0, 0.1) is 11.8 Å². The summed E-state index contributed by atoms with van der Waals surface area (Å²) in [5.41, 5.74) is 6.60. The van der Waals surface area contributed by atoms with Crippen molar-refractivity contribution in [2.24, 2.45) is 17.6 Å². The van der Waals surface area contributed by atoms with Gasteiger partial charge in [-0.25, -0.2) is 0 Å². The fraction of sp³-hybridized carbons (Fsp3) is 1.00. The van der Waals surface area contributed by atoms with Crippen molar-refractivity contribution in [1.82, 2.24) is 4.90 Å². The molecular weight excluding hydrogens is 248 g/mol. The van der Waals surface area contributed by atoms with Crippen LogP contribution in [-0.2, 0) is 4.74 Å². The lowest BCUT2D eigenvalue weighted by atomic mass is 9.66. The molecule has 1 saturated heterocycles. The van der Waals surface area contributed by atoms with Gasteiger partial charge >= 0.3 is 0 Å². The van der Waals surface area contributed by atoms with Crippen LogP contribution in [0.3, 0.4) is 0 Å².